The number of hydrogen-bond donors (Lipinski definition) is 0. The number of non-ortho nitro benzene ring substituents is 1. The Bertz CT molecular complexity index is 525. The second kappa shape index (κ2) is 5.73. The van der Waals surface area contributed by atoms with Gasteiger partial charge in [-0.05, 0) is 24.6 Å². The first-order valence-electron chi connectivity index (χ1n) is 5.55. The van der Waals surface area contributed by atoms with Crippen molar-refractivity contribution in [1.82, 2.24) is 0 Å². The Labute approximate surface area is 109 Å². The van der Waals surface area contributed by atoms with Crippen LogP contribution >= 0.6 is 11.8 Å². The van der Waals surface area contributed by atoms with Gasteiger partial charge in [-0.2, -0.15) is 0 Å². The van der Waals surface area contributed by atoms with Gasteiger partial charge in [0.15, 0.2) is 0 Å². The highest BCUT2D eigenvalue weighted by atomic mass is 32.2. The summed E-state index contributed by atoms with van der Waals surface area (Å²) in [6.45, 7) is 2.03. The minimum absolute atomic E-state index is 0.137. The summed E-state index contributed by atoms with van der Waals surface area (Å²) in [4.78, 5) is 10.3. The van der Waals surface area contributed by atoms with Crippen LogP contribution in [-0.4, -0.2) is 4.92 Å². The predicted octanol–water partition coefficient (Wildman–Crippen LogP) is 4.18. The quantitative estimate of drug-likeness (QED) is 0.599. The normalized spacial score (nSPS) is 12.3. The molecule has 94 valence electrons. The lowest BCUT2D eigenvalue weighted by Crippen LogP contribution is -1.93. The highest BCUT2D eigenvalue weighted by Gasteiger charge is 2.11. The molecule has 0 aliphatic carbocycles. The molecule has 0 saturated carbocycles. The van der Waals surface area contributed by atoms with Crippen molar-refractivity contribution < 1.29 is 9.34 Å². The van der Waals surface area contributed by atoms with Gasteiger partial charge in [0.25, 0.3) is 5.69 Å². The molecule has 1 aromatic carbocycles. The van der Waals surface area contributed by atoms with Crippen molar-refractivity contribution in [3.8, 4) is 0 Å². The molecule has 0 spiro atoms. The summed E-state index contributed by atoms with van der Waals surface area (Å²) in [5.41, 5.74) is 1.10. The summed E-state index contributed by atoms with van der Waals surface area (Å²) in [6, 6.07) is 10.5. The van der Waals surface area contributed by atoms with E-state index in [-0.39, 0.29) is 15.9 Å². The van der Waals surface area contributed by atoms with Crippen LogP contribution in [0.4, 0.5) is 5.69 Å². The minimum atomic E-state index is -0.368. The van der Waals surface area contributed by atoms with E-state index in [1.807, 2.05) is 25.1 Å². The number of rotatable bonds is 5. The van der Waals surface area contributed by atoms with Crippen molar-refractivity contribution in [2.75, 3.05) is 0 Å². The molecule has 0 aliphatic heterocycles. The zero-order valence-electron chi connectivity index (χ0n) is 9.91. The van der Waals surface area contributed by atoms with Crippen LogP contribution in [0.1, 0.15) is 23.5 Å². The zero-order chi connectivity index (χ0) is 13.0. The van der Waals surface area contributed by atoms with Gasteiger partial charge in [0.2, 0.25) is 0 Å². The molecule has 1 unspecified atom stereocenters. The Balaban J connectivity index is 2.02. The van der Waals surface area contributed by atoms with Gasteiger partial charge < -0.3 is 4.42 Å². The van der Waals surface area contributed by atoms with E-state index in [0.717, 1.165) is 17.1 Å². The third-order valence-corrected chi connectivity index (χ3v) is 3.83. The number of nitrogens with zero attached hydrogens (tertiary/aromatic N) is 1. The molecule has 0 saturated heterocycles. The van der Waals surface area contributed by atoms with Gasteiger partial charge in [0, 0.05) is 17.4 Å². The SMILES string of the molecule is CC(SCc1ccco1)c1cccc([N+](=O)[O-])c1. The summed E-state index contributed by atoms with van der Waals surface area (Å²) >= 11 is 1.69. The van der Waals surface area contributed by atoms with Gasteiger partial charge in [-0.15, -0.1) is 11.8 Å². The van der Waals surface area contributed by atoms with Crippen LogP contribution in [0.5, 0.6) is 0 Å². The van der Waals surface area contributed by atoms with Gasteiger partial charge in [-0.25, -0.2) is 0 Å². The topological polar surface area (TPSA) is 56.3 Å². The lowest BCUT2D eigenvalue weighted by atomic mass is 10.1. The first-order chi connectivity index (χ1) is 8.66. The van der Waals surface area contributed by atoms with Gasteiger partial charge in [-0.3, -0.25) is 10.1 Å². The maximum absolute atomic E-state index is 10.7. The fourth-order valence-electron chi connectivity index (χ4n) is 1.59. The maximum atomic E-state index is 10.7. The van der Waals surface area contributed by atoms with E-state index in [1.165, 1.54) is 6.07 Å². The molecule has 18 heavy (non-hydrogen) atoms. The fourth-order valence-corrected chi connectivity index (χ4v) is 2.51. The first-order valence-corrected chi connectivity index (χ1v) is 6.60. The summed E-state index contributed by atoms with van der Waals surface area (Å²) in [5, 5.41) is 10.9. The highest BCUT2D eigenvalue weighted by molar-refractivity contribution is 7.98. The fraction of sp³-hybridized carbons (Fsp3) is 0.231. The molecule has 5 heteroatoms. The minimum Gasteiger partial charge on any atom is -0.468 e. The molecule has 0 aliphatic rings. The smallest absolute Gasteiger partial charge is 0.269 e. The monoisotopic (exact) mass is 263 g/mol. The number of hydrogen-bond acceptors (Lipinski definition) is 4. The molecule has 1 heterocycles. The maximum Gasteiger partial charge on any atom is 0.269 e. The van der Waals surface area contributed by atoms with Crippen molar-refractivity contribution in [1.29, 1.82) is 0 Å². The third kappa shape index (κ3) is 3.13. The van der Waals surface area contributed by atoms with E-state index in [9.17, 15) is 10.1 Å². The Morgan fingerprint density at radius 3 is 2.89 bits per heavy atom. The van der Waals surface area contributed by atoms with Crippen LogP contribution in [0.25, 0.3) is 0 Å². The van der Waals surface area contributed by atoms with Crippen LogP contribution in [0.3, 0.4) is 0 Å². The van der Waals surface area contributed by atoms with E-state index in [0.29, 0.717) is 0 Å². The van der Waals surface area contributed by atoms with Gasteiger partial charge in [-0.1, -0.05) is 12.1 Å². The molecule has 1 atom stereocenters. The molecular weight excluding hydrogens is 250 g/mol. The summed E-state index contributed by atoms with van der Waals surface area (Å²) in [7, 11) is 0. The van der Waals surface area contributed by atoms with Crippen molar-refractivity contribution >= 4 is 17.4 Å². The van der Waals surface area contributed by atoms with Gasteiger partial charge in [0.1, 0.15) is 5.76 Å². The predicted molar refractivity (Wildman–Crippen MR) is 71.5 cm³/mol. The largest absolute Gasteiger partial charge is 0.468 e. The van der Waals surface area contributed by atoms with Crippen molar-refractivity contribution in [2.24, 2.45) is 0 Å². The van der Waals surface area contributed by atoms with E-state index in [1.54, 1.807) is 30.2 Å². The Morgan fingerprint density at radius 2 is 2.22 bits per heavy atom. The number of furan rings is 1. The first kappa shape index (κ1) is 12.7. The molecule has 2 rings (SSSR count). The molecular formula is C13H13NO3S. The molecule has 0 bridgehead atoms. The molecule has 1 aromatic heterocycles. The summed E-state index contributed by atoms with van der Waals surface area (Å²) in [5.74, 6) is 1.67. The summed E-state index contributed by atoms with van der Waals surface area (Å²) < 4.78 is 5.25. The molecule has 0 fully saturated rings. The van der Waals surface area contributed by atoms with E-state index in [2.05, 4.69) is 0 Å². The van der Waals surface area contributed by atoms with Gasteiger partial charge >= 0.3 is 0 Å². The average molecular weight is 263 g/mol. The van der Waals surface area contributed by atoms with E-state index < -0.39 is 0 Å². The number of benzene rings is 1. The number of thioether (sulfide) groups is 1. The standard InChI is InChI=1S/C13H13NO3S/c1-10(18-9-13-6-3-7-17-13)11-4-2-5-12(8-11)14(15)16/h2-8,10H,9H2,1H3. The Hall–Kier alpha value is -1.75. The average Bonchev–Trinajstić information content (AvgIpc) is 2.89. The number of nitro benzene ring substituents is 1. The zero-order valence-corrected chi connectivity index (χ0v) is 10.7. The molecule has 0 radical (unpaired) electrons. The second-order valence-corrected chi connectivity index (χ2v) is 5.21. The van der Waals surface area contributed by atoms with E-state index >= 15 is 0 Å². The Morgan fingerprint density at radius 1 is 1.39 bits per heavy atom. The molecule has 0 amide bonds. The van der Waals surface area contributed by atoms with Crippen LogP contribution in [0.2, 0.25) is 0 Å². The van der Waals surface area contributed by atoms with Crippen LogP contribution in [0.15, 0.2) is 47.1 Å². The summed E-state index contributed by atoms with van der Waals surface area (Å²) in [6.07, 6.45) is 1.65. The van der Waals surface area contributed by atoms with Crippen LogP contribution < -0.4 is 0 Å². The molecule has 2 aromatic rings. The lowest BCUT2D eigenvalue weighted by molar-refractivity contribution is -0.384. The van der Waals surface area contributed by atoms with Crippen molar-refractivity contribution in [3.05, 3.63) is 64.1 Å². The Kier molecular flexibility index (Phi) is 4.04. The molecule has 0 N–H and O–H groups in total. The van der Waals surface area contributed by atoms with Gasteiger partial charge in [0.05, 0.1) is 16.9 Å². The molecule has 4 nitrogen and oxygen atoms in total. The van der Waals surface area contributed by atoms with Crippen LogP contribution in [-0.2, 0) is 5.75 Å². The third-order valence-electron chi connectivity index (χ3n) is 2.61. The van der Waals surface area contributed by atoms with Crippen molar-refractivity contribution in [2.45, 2.75) is 17.9 Å². The van der Waals surface area contributed by atoms with E-state index in [4.69, 9.17) is 4.42 Å². The number of nitro groups is 1. The van der Waals surface area contributed by atoms with Crippen LogP contribution in [0, 0.1) is 10.1 Å². The second-order valence-electron chi connectivity index (χ2n) is 3.88. The van der Waals surface area contributed by atoms with Crippen molar-refractivity contribution in [3.63, 3.8) is 0 Å². The lowest BCUT2D eigenvalue weighted by Gasteiger charge is -2.10. The highest BCUT2D eigenvalue weighted by Crippen LogP contribution is 2.32.